The Hall–Kier alpha value is -3.38. The molecule has 3 aromatic carbocycles. The molecule has 0 spiro atoms. The summed E-state index contributed by atoms with van der Waals surface area (Å²) >= 11 is 1.38. The molecule has 1 atom stereocenters. The molecule has 1 heterocycles. The number of hydrogen-bond acceptors (Lipinski definition) is 5. The molecule has 144 valence electrons. The number of aromatic nitrogens is 3. The van der Waals surface area contributed by atoms with Crippen molar-refractivity contribution in [3.05, 3.63) is 102 Å². The average Bonchev–Trinajstić information content (AvgIpc) is 3.26. The van der Waals surface area contributed by atoms with Crippen molar-refractivity contribution in [2.45, 2.75) is 10.4 Å². The lowest BCUT2D eigenvalue weighted by Gasteiger charge is -2.17. The van der Waals surface area contributed by atoms with Crippen LogP contribution in [0, 0.1) is 0 Å². The van der Waals surface area contributed by atoms with Crippen LogP contribution in [0.4, 0.5) is 0 Å². The second-order valence-corrected chi connectivity index (χ2v) is 7.37. The van der Waals surface area contributed by atoms with Crippen LogP contribution in [0.25, 0.3) is 5.69 Å². The highest BCUT2D eigenvalue weighted by molar-refractivity contribution is 8.00. The van der Waals surface area contributed by atoms with Crippen LogP contribution in [0.3, 0.4) is 0 Å². The molecule has 0 radical (unpaired) electrons. The molecule has 0 saturated heterocycles. The van der Waals surface area contributed by atoms with E-state index >= 15 is 0 Å². The Balaban J connectivity index is 1.73. The number of nitrogens with zero attached hydrogens (tertiary/aromatic N) is 3. The molecule has 4 aromatic rings. The molecule has 0 saturated carbocycles. The van der Waals surface area contributed by atoms with Gasteiger partial charge in [-0.2, -0.15) is 0 Å². The molecule has 0 aliphatic heterocycles. The molecule has 29 heavy (non-hydrogen) atoms. The van der Waals surface area contributed by atoms with E-state index in [0.29, 0.717) is 16.5 Å². The van der Waals surface area contributed by atoms with E-state index in [1.165, 1.54) is 11.8 Å². The van der Waals surface area contributed by atoms with Crippen molar-refractivity contribution >= 4 is 17.5 Å². The van der Waals surface area contributed by atoms with Crippen LogP contribution in [0.15, 0.2) is 96.4 Å². The third kappa shape index (κ3) is 4.07. The molecule has 0 unspecified atom stereocenters. The lowest BCUT2D eigenvalue weighted by atomic mass is 10.0. The Morgan fingerprint density at radius 2 is 1.59 bits per heavy atom. The first-order valence-electron chi connectivity index (χ1n) is 9.12. The number of benzene rings is 3. The Morgan fingerprint density at radius 3 is 2.31 bits per heavy atom. The number of Topliss-reactive ketones (excluding diaryl/α,β-unsaturated/α-hetero) is 1. The Labute approximate surface area is 173 Å². The van der Waals surface area contributed by atoms with Crippen LogP contribution < -0.4 is 4.74 Å². The minimum absolute atomic E-state index is 0.0244. The van der Waals surface area contributed by atoms with Crippen LogP contribution in [-0.4, -0.2) is 27.7 Å². The van der Waals surface area contributed by atoms with Crippen LogP contribution in [0.1, 0.15) is 21.2 Å². The van der Waals surface area contributed by atoms with E-state index in [9.17, 15) is 4.79 Å². The van der Waals surface area contributed by atoms with Crippen molar-refractivity contribution in [2.75, 3.05) is 7.11 Å². The average molecular weight is 401 g/mol. The third-order valence-corrected chi connectivity index (χ3v) is 5.69. The number of hydrogen-bond donors (Lipinski definition) is 0. The van der Waals surface area contributed by atoms with Gasteiger partial charge in [0.15, 0.2) is 10.9 Å². The monoisotopic (exact) mass is 401 g/mol. The van der Waals surface area contributed by atoms with Gasteiger partial charge in [-0.15, -0.1) is 10.2 Å². The first-order chi connectivity index (χ1) is 14.3. The minimum atomic E-state index is -0.448. The molecule has 0 bridgehead atoms. The van der Waals surface area contributed by atoms with Gasteiger partial charge in [-0.1, -0.05) is 84.6 Å². The van der Waals surface area contributed by atoms with E-state index < -0.39 is 5.25 Å². The SMILES string of the molecule is COc1ccccc1-n1cnnc1S[C@H](C(=O)c1ccccc1)c1ccccc1. The van der Waals surface area contributed by atoms with Gasteiger partial charge in [0.05, 0.1) is 12.8 Å². The Bertz CT molecular complexity index is 1100. The number of ketones is 1. The first kappa shape index (κ1) is 19.0. The highest BCUT2D eigenvalue weighted by Gasteiger charge is 2.26. The number of ether oxygens (including phenoxy) is 1. The number of carbonyl (C=O) groups excluding carboxylic acids is 1. The zero-order chi connectivity index (χ0) is 20.1. The normalized spacial score (nSPS) is 11.8. The van der Waals surface area contributed by atoms with Crippen molar-refractivity contribution in [3.63, 3.8) is 0 Å². The summed E-state index contributed by atoms with van der Waals surface area (Å²) in [6.45, 7) is 0. The smallest absolute Gasteiger partial charge is 0.196 e. The summed E-state index contributed by atoms with van der Waals surface area (Å²) in [5.41, 5.74) is 2.40. The molecule has 6 heteroatoms. The van der Waals surface area contributed by atoms with E-state index in [1.54, 1.807) is 13.4 Å². The predicted octanol–water partition coefficient (Wildman–Crippen LogP) is 4.99. The second-order valence-electron chi connectivity index (χ2n) is 6.29. The topological polar surface area (TPSA) is 57.0 Å². The minimum Gasteiger partial charge on any atom is -0.495 e. The summed E-state index contributed by atoms with van der Waals surface area (Å²) in [5.74, 6) is 0.733. The van der Waals surface area contributed by atoms with Crippen LogP contribution in [0.5, 0.6) is 5.75 Å². The molecular weight excluding hydrogens is 382 g/mol. The largest absolute Gasteiger partial charge is 0.495 e. The molecule has 0 aliphatic carbocycles. The van der Waals surface area contributed by atoms with Gasteiger partial charge in [-0.25, -0.2) is 0 Å². The summed E-state index contributed by atoms with van der Waals surface area (Å²) < 4.78 is 7.32. The molecular formula is C23H19N3O2S. The molecule has 5 nitrogen and oxygen atoms in total. The van der Waals surface area contributed by atoms with Gasteiger partial charge < -0.3 is 4.74 Å². The summed E-state index contributed by atoms with van der Waals surface area (Å²) in [5, 5.41) is 8.53. The maximum Gasteiger partial charge on any atom is 0.196 e. The van der Waals surface area contributed by atoms with Crippen molar-refractivity contribution in [1.29, 1.82) is 0 Å². The van der Waals surface area contributed by atoms with Gasteiger partial charge in [-0.3, -0.25) is 9.36 Å². The van der Waals surface area contributed by atoms with Crippen molar-refractivity contribution < 1.29 is 9.53 Å². The molecule has 0 N–H and O–H groups in total. The zero-order valence-electron chi connectivity index (χ0n) is 15.8. The van der Waals surface area contributed by atoms with E-state index in [-0.39, 0.29) is 5.78 Å². The van der Waals surface area contributed by atoms with Crippen molar-refractivity contribution in [1.82, 2.24) is 14.8 Å². The molecule has 0 aliphatic rings. The summed E-state index contributed by atoms with van der Waals surface area (Å²) in [7, 11) is 1.63. The fraction of sp³-hybridized carbons (Fsp3) is 0.0870. The van der Waals surface area contributed by atoms with Gasteiger partial charge in [0.1, 0.15) is 17.3 Å². The fourth-order valence-electron chi connectivity index (χ4n) is 3.06. The van der Waals surface area contributed by atoms with Gasteiger partial charge in [-0.05, 0) is 17.7 Å². The van der Waals surface area contributed by atoms with Crippen LogP contribution in [-0.2, 0) is 0 Å². The highest BCUT2D eigenvalue weighted by atomic mass is 32.2. The van der Waals surface area contributed by atoms with Crippen molar-refractivity contribution in [3.8, 4) is 11.4 Å². The molecule has 0 fully saturated rings. The van der Waals surface area contributed by atoms with E-state index in [4.69, 9.17) is 4.74 Å². The number of para-hydroxylation sites is 2. The second kappa shape index (κ2) is 8.75. The lowest BCUT2D eigenvalue weighted by Crippen LogP contribution is -2.11. The molecule has 0 amide bonds. The van der Waals surface area contributed by atoms with Gasteiger partial charge in [0, 0.05) is 5.56 Å². The standard InChI is InChI=1S/C23H19N3O2S/c1-28-20-15-9-8-14-19(20)26-16-24-25-23(26)29-22(18-12-6-3-7-13-18)21(27)17-10-4-2-5-11-17/h2-16,22H,1H3/t22-/m0/s1. The number of thioether (sulfide) groups is 1. The molecule has 4 rings (SSSR count). The molecule has 1 aromatic heterocycles. The van der Waals surface area contributed by atoms with E-state index in [2.05, 4.69) is 10.2 Å². The predicted molar refractivity (Wildman–Crippen MR) is 114 cm³/mol. The van der Waals surface area contributed by atoms with E-state index in [1.807, 2.05) is 89.5 Å². The summed E-state index contributed by atoms with van der Waals surface area (Å²) in [6, 6.07) is 26.7. The van der Waals surface area contributed by atoms with E-state index in [0.717, 1.165) is 11.3 Å². The summed E-state index contributed by atoms with van der Waals surface area (Å²) in [6.07, 6.45) is 1.63. The number of methoxy groups -OCH3 is 1. The Kier molecular flexibility index (Phi) is 5.72. The Morgan fingerprint density at radius 1 is 0.931 bits per heavy atom. The van der Waals surface area contributed by atoms with Gasteiger partial charge >= 0.3 is 0 Å². The quantitative estimate of drug-likeness (QED) is 0.322. The van der Waals surface area contributed by atoms with Crippen LogP contribution in [0.2, 0.25) is 0 Å². The fourth-order valence-corrected chi connectivity index (χ4v) is 4.16. The van der Waals surface area contributed by atoms with Gasteiger partial charge in [0.2, 0.25) is 0 Å². The van der Waals surface area contributed by atoms with Gasteiger partial charge in [0.25, 0.3) is 0 Å². The first-order valence-corrected chi connectivity index (χ1v) is 10.00. The maximum absolute atomic E-state index is 13.3. The highest BCUT2D eigenvalue weighted by Crippen LogP contribution is 2.38. The number of rotatable bonds is 7. The van der Waals surface area contributed by atoms with Crippen LogP contribution >= 0.6 is 11.8 Å². The number of carbonyl (C=O) groups is 1. The third-order valence-electron chi connectivity index (χ3n) is 4.48. The van der Waals surface area contributed by atoms with Crippen molar-refractivity contribution in [2.24, 2.45) is 0 Å². The summed E-state index contributed by atoms with van der Waals surface area (Å²) in [4.78, 5) is 13.3. The lowest BCUT2D eigenvalue weighted by molar-refractivity contribution is 0.0989. The zero-order valence-corrected chi connectivity index (χ0v) is 16.6. The maximum atomic E-state index is 13.3.